The summed E-state index contributed by atoms with van der Waals surface area (Å²) in [4.78, 5) is 33.6. The fraction of sp³-hybridized carbons (Fsp3) is 0.409. The highest BCUT2D eigenvalue weighted by molar-refractivity contribution is 6.36. The van der Waals surface area contributed by atoms with Crippen LogP contribution in [0.1, 0.15) is 19.4 Å². The molecule has 3 amide bonds. The molecular formula is C22H27Cl2N5O2. The predicted molar refractivity (Wildman–Crippen MR) is 123 cm³/mol. The molecule has 0 saturated carbocycles. The van der Waals surface area contributed by atoms with Crippen molar-refractivity contribution in [3.05, 3.63) is 58.2 Å². The van der Waals surface area contributed by atoms with Crippen molar-refractivity contribution in [1.82, 2.24) is 20.5 Å². The number of carbonyl (C=O) groups excluding carboxylic acids is 2. The Balaban J connectivity index is 1.54. The van der Waals surface area contributed by atoms with E-state index in [-0.39, 0.29) is 17.9 Å². The van der Waals surface area contributed by atoms with Crippen molar-refractivity contribution < 1.29 is 9.59 Å². The van der Waals surface area contributed by atoms with Crippen LogP contribution in [0.25, 0.3) is 0 Å². The first-order chi connectivity index (χ1) is 14.8. The van der Waals surface area contributed by atoms with Gasteiger partial charge in [-0.2, -0.15) is 0 Å². The molecule has 1 atom stereocenters. The van der Waals surface area contributed by atoms with Gasteiger partial charge in [0.05, 0.1) is 10.0 Å². The van der Waals surface area contributed by atoms with Crippen LogP contribution in [0, 0.1) is 5.92 Å². The van der Waals surface area contributed by atoms with Gasteiger partial charge in [-0.05, 0) is 17.5 Å². The van der Waals surface area contributed by atoms with Crippen molar-refractivity contribution >= 4 is 41.0 Å². The fourth-order valence-electron chi connectivity index (χ4n) is 3.46. The van der Waals surface area contributed by atoms with Crippen molar-refractivity contribution in [3.8, 4) is 0 Å². The Morgan fingerprint density at radius 1 is 1.10 bits per heavy atom. The largest absolute Gasteiger partial charge is 0.352 e. The molecule has 1 aliphatic rings. The summed E-state index contributed by atoms with van der Waals surface area (Å²) in [5.41, 5.74) is 0.996. The fourth-order valence-corrected chi connectivity index (χ4v) is 3.96. The second kappa shape index (κ2) is 10.7. The molecule has 3 rings (SSSR count). The number of aromatic nitrogens is 1. The van der Waals surface area contributed by atoms with Crippen LogP contribution in [-0.2, 0) is 11.3 Å². The van der Waals surface area contributed by atoms with Gasteiger partial charge in [0.25, 0.3) is 0 Å². The summed E-state index contributed by atoms with van der Waals surface area (Å²) in [7, 11) is 0. The van der Waals surface area contributed by atoms with Gasteiger partial charge < -0.3 is 20.4 Å². The van der Waals surface area contributed by atoms with Crippen molar-refractivity contribution in [2.75, 3.05) is 31.1 Å². The van der Waals surface area contributed by atoms with Gasteiger partial charge >= 0.3 is 6.03 Å². The molecule has 31 heavy (non-hydrogen) atoms. The minimum Gasteiger partial charge on any atom is -0.352 e. The molecule has 1 unspecified atom stereocenters. The third-order valence-corrected chi connectivity index (χ3v) is 5.68. The lowest BCUT2D eigenvalue weighted by molar-refractivity contribution is -0.134. The zero-order valence-corrected chi connectivity index (χ0v) is 19.2. The van der Waals surface area contributed by atoms with Gasteiger partial charge in [-0.3, -0.25) is 4.79 Å². The average molecular weight is 464 g/mol. The summed E-state index contributed by atoms with van der Waals surface area (Å²) in [6.07, 6.45) is 1.56. The van der Waals surface area contributed by atoms with E-state index in [0.29, 0.717) is 48.6 Å². The molecule has 1 aromatic heterocycles. The SMILES string of the molecule is CC(C)C(NC(=O)NCc1ccccc1)C(=O)N1CCN(c2ncc(Cl)cc2Cl)CC1. The number of pyridine rings is 1. The third-order valence-electron chi connectivity index (χ3n) is 5.19. The molecule has 2 heterocycles. The normalized spacial score (nSPS) is 15.0. The summed E-state index contributed by atoms with van der Waals surface area (Å²) >= 11 is 12.2. The Labute approximate surface area is 192 Å². The molecule has 0 bridgehead atoms. The van der Waals surface area contributed by atoms with Gasteiger partial charge in [0.1, 0.15) is 11.9 Å². The lowest BCUT2D eigenvalue weighted by Gasteiger charge is -2.38. The number of hydrogen-bond donors (Lipinski definition) is 2. The van der Waals surface area contributed by atoms with Crippen molar-refractivity contribution in [3.63, 3.8) is 0 Å². The molecule has 9 heteroatoms. The Hall–Kier alpha value is -2.51. The number of benzene rings is 1. The molecule has 0 aliphatic carbocycles. The highest BCUT2D eigenvalue weighted by Crippen LogP contribution is 2.27. The Morgan fingerprint density at radius 3 is 2.39 bits per heavy atom. The third kappa shape index (κ3) is 6.24. The number of nitrogens with zero attached hydrogens (tertiary/aromatic N) is 3. The highest BCUT2D eigenvalue weighted by Gasteiger charge is 2.31. The topological polar surface area (TPSA) is 77.6 Å². The van der Waals surface area contributed by atoms with Crippen LogP contribution >= 0.6 is 23.2 Å². The van der Waals surface area contributed by atoms with E-state index in [1.54, 1.807) is 17.2 Å². The smallest absolute Gasteiger partial charge is 0.315 e. The van der Waals surface area contributed by atoms with E-state index in [1.165, 1.54) is 0 Å². The number of piperazine rings is 1. The van der Waals surface area contributed by atoms with Gasteiger partial charge in [0.2, 0.25) is 5.91 Å². The van der Waals surface area contributed by atoms with Gasteiger partial charge in [0, 0.05) is 38.9 Å². The molecule has 1 aromatic carbocycles. The monoisotopic (exact) mass is 463 g/mol. The van der Waals surface area contributed by atoms with Gasteiger partial charge in [-0.15, -0.1) is 0 Å². The van der Waals surface area contributed by atoms with E-state index >= 15 is 0 Å². The Bertz CT molecular complexity index is 902. The van der Waals surface area contributed by atoms with Crippen molar-refractivity contribution in [2.24, 2.45) is 5.92 Å². The van der Waals surface area contributed by atoms with E-state index in [0.717, 1.165) is 5.56 Å². The summed E-state index contributed by atoms with van der Waals surface area (Å²) in [5.74, 6) is 0.539. The summed E-state index contributed by atoms with van der Waals surface area (Å²) in [6.45, 7) is 6.50. The van der Waals surface area contributed by atoms with E-state index in [1.807, 2.05) is 49.1 Å². The molecule has 2 N–H and O–H groups in total. The number of carbonyl (C=O) groups is 2. The number of amides is 3. The van der Waals surface area contributed by atoms with E-state index in [9.17, 15) is 9.59 Å². The van der Waals surface area contributed by atoms with E-state index in [4.69, 9.17) is 23.2 Å². The Morgan fingerprint density at radius 2 is 1.77 bits per heavy atom. The van der Waals surface area contributed by atoms with Crippen LogP contribution in [0.2, 0.25) is 10.0 Å². The number of halogens is 2. The second-order valence-electron chi connectivity index (χ2n) is 7.81. The predicted octanol–water partition coefficient (Wildman–Crippen LogP) is 3.56. The lowest BCUT2D eigenvalue weighted by Crippen LogP contribution is -2.57. The maximum absolute atomic E-state index is 13.1. The molecule has 2 aromatic rings. The molecule has 1 fully saturated rings. The maximum Gasteiger partial charge on any atom is 0.315 e. The van der Waals surface area contributed by atoms with E-state index < -0.39 is 6.04 Å². The summed E-state index contributed by atoms with van der Waals surface area (Å²) in [6, 6.07) is 10.3. The molecule has 166 valence electrons. The van der Waals surface area contributed by atoms with Crippen LogP contribution in [0.3, 0.4) is 0 Å². The first-order valence-electron chi connectivity index (χ1n) is 10.3. The lowest BCUT2D eigenvalue weighted by atomic mass is 10.0. The van der Waals surface area contributed by atoms with Crippen molar-refractivity contribution in [1.29, 1.82) is 0 Å². The first-order valence-corrected chi connectivity index (χ1v) is 11.0. The van der Waals surface area contributed by atoms with Gasteiger partial charge in [-0.25, -0.2) is 9.78 Å². The zero-order valence-electron chi connectivity index (χ0n) is 17.6. The number of anilines is 1. The second-order valence-corrected chi connectivity index (χ2v) is 8.65. The van der Waals surface area contributed by atoms with Crippen LogP contribution in [0.5, 0.6) is 0 Å². The minimum atomic E-state index is -0.598. The standard InChI is InChI=1S/C22H27Cl2N5O2/c1-15(2)19(27-22(31)26-13-16-6-4-3-5-7-16)21(30)29-10-8-28(9-11-29)20-18(24)12-17(23)14-25-20/h3-7,12,14-15,19H,8-11,13H2,1-2H3,(H2,26,27,31). The zero-order chi connectivity index (χ0) is 22.4. The quantitative estimate of drug-likeness (QED) is 0.686. The van der Waals surface area contributed by atoms with Crippen molar-refractivity contribution in [2.45, 2.75) is 26.4 Å². The number of hydrogen-bond acceptors (Lipinski definition) is 4. The minimum absolute atomic E-state index is 0.0413. The number of rotatable bonds is 6. The average Bonchev–Trinajstić information content (AvgIpc) is 2.76. The molecule has 1 saturated heterocycles. The summed E-state index contributed by atoms with van der Waals surface area (Å²) in [5, 5.41) is 6.63. The van der Waals surface area contributed by atoms with Crippen LogP contribution in [0.15, 0.2) is 42.6 Å². The summed E-state index contributed by atoms with van der Waals surface area (Å²) < 4.78 is 0. The number of urea groups is 1. The van der Waals surface area contributed by atoms with Crippen LogP contribution < -0.4 is 15.5 Å². The first kappa shape index (κ1) is 23.2. The van der Waals surface area contributed by atoms with Crippen LogP contribution in [-0.4, -0.2) is 54.0 Å². The van der Waals surface area contributed by atoms with E-state index in [2.05, 4.69) is 15.6 Å². The number of nitrogens with one attached hydrogen (secondary N) is 2. The van der Waals surface area contributed by atoms with Gasteiger partial charge in [-0.1, -0.05) is 67.4 Å². The highest BCUT2D eigenvalue weighted by atomic mass is 35.5. The van der Waals surface area contributed by atoms with Gasteiger partial charge in [0.15, 0.2) is 0 Å². The molecule has 1 aliphatic heterocycles. The Kier molecular flexibility index (Phi) is 7.98. The maximum atomic E-state index is 13.1. The molecule has 7 nitrogen and oxygen atoms in total. The molecule has 0 radical (unpaired) electrons. The molecule has 0 spiro atoms. The molecular weight excluding hydrogens is 437 g/mol. The van der Waals surface area contributed by atoms with Crippen LogP contribution in [0.4, 0.5) is 10.6 Å².